The molecule has 486 valence electrons. The molecule has 93 heavy (non-hydrogen) atoms. The lowest BCUT2D eigenvalue weighted by Crippen LogP contribution is -2.29. The molecule has 0 radical (unpaired) electrons. The molecule has 1 unspecified atom stereocenters. The van der Waals surface area contributed by atoms with Crippen LogP contribution in [0, 0.1) is 56.8 Å². The van der Waals surface area contributed by atoms with Crippen molar-refractivity contribution in [2.75, 3.05) is 19.7 Å². The van der Waals surface area contributed by atoms with Gasteiger partial charge in [0.25, 0.3) is 34.4 Å². The van der Waals surface area contributed by atoms with Crippen molar-refractivity contribution in [3.05, 3.63) is 255 Å². The van der Waals surface area contributed by atoms with Gasteiger partial charge in [-0.2, -0.15) is 13.2 Å². The fraction of sp³-hybridized carbons (Fsp3) is 0.217. The third-order valence-corrected chi connectivity index (χ3v) is 14.6. The monoisotopic (exact) mass is 1290 g/mol. The van der Waals surface area contributed by atoms with Crippen LogP contribution in [0.2, 0.25) is 0 Å². The minimum absolute atomic E-state index is 0.0628. The van der Waals surface area contributed by atoms with Gasteiger partial charge in [-0.25, -0.2) is 22.0 Å². The van der Waals surface area contributed by atoms with Gasteiger partial charge < -0.3 is 49.7 Å². The van der Waals surface area contributed by atoms with Crippen molar-refractivity contribution in [3.8, 4) is 56.8 Å². The Morgan fingerprint density at radius 3 is 1.29 bits per heavy atom. The van der Waals surface area contributed by atoms with Crippen molar-refractivity contribution < 1.29 is 69.6 Å². The molecule has 3 aromatic heterocycles. The van der Waals surface area contributed by atoms with E-state index in [1.54, 1.807) is 39.0 Å². The molecule has 0 aliphatic rings. The van der Waals surface area contributed by atoms with Gasteiger partial charge in [-0.05, 0) is 184 Å². The van der Waals surface area contributed by atoms with Crippen LogP contribution in [0.1, 0.15) is 89.4 Å². The zero-order valence-corrected chi connectivity index (χ0v) is 51.5. The molecule has 0 aliphatic carbocycles. The number of nitrogens with one attached hydrogen (secondary N) is 3. The number of aryl methyl sites for hydroxylation is 4. The summed E-state index contributed by atoms with van der Waals surface area (Å²) in [7, 11) is 4.24. The van der Waals surface area contributed by atoms with E-state index in [4.69, 9.17) is 4.74 Å². The molecule has 24 heteroatoms. The van der Waals surface area contributed by atoms with Crippen LogP contribution < -0.4 is 37.4 Å². The number of para-hydroxylation sites is 1. The molecule has 9 rings (SSSR count). The fourth-order valence-electron chi connectivity index (χ4n) is 9.79. The predicted octanol–water partition coefficient (Wildman–Crippen LogP) is 11.9. The number of pyridine rings is 3. The number of rotatable bonds is 16. The molecule has 0 bridgehead atoms. The van der Waals surface area contributed by atoms with E-state index in [0.717, 1.165) is 44.7 Å². The van der Waals surface area contributed by atoms with Crippen LogP contribution in [0.25, 0.3) is 33.8 Å². The number of ether oxygens (including phenoxy) is 1. The van der Waals surface area contributed by atoms with Crippen molar-refractivity contribution >= 4 is 17.7 Å². The molecule has 0 fully saturated rings. The summed E-state index contributed by atoms with van der Waals surface area (Å²) in [5.41, 5.74) is 1.68. The number of aromatic hydroxyl groups is 3. The summed E-state index contributed by atoms with van der Waals surface area (Å²) in [4.78, 5) is 75.2. The van der Waals surface area contributed by atoms with E-state index in [1.807, 2.05) is 31.2 Å². The van der Waals surface area contributed by atoms with Gasteiger partial charge in [0.2, 0.25) is 0 Å². The molecule has 6 N–H and O–H groups in total. The molecule has 16 nitrogen and oxygen atoms in total. The molecule has 3 heterocycles. The van der Waals surface area contributed by atoms with E-state index in [0.29, 0.717) is 70.3 Å². The first-order valence-corrected chi connectivity index (χ1v) is 28.6. The lowest BCUT2D eigenvalue weighted by molar-refractivity contribution is -0.137. The van der Waals surface area contributed by atoms with Gasteiger partial charge in [0, 0.05) is 57.0 Å². The summed E-state index contributed by atoms with van der Waals surface area (Å²) < 4.78 is 115. The first-order valence-electron chi connectivity index (χ1n) is 28.6. The number of carbonyl (C=O) groups is 3. The van der Waals surface area contributed by atoms with E-state index in [2.05, 4.69) is 16.0 Å². The Balaban J connectivity index is 0.000000198. The number of nitrogens with zero attached hydrogens (tertiary/aromatic N) is 3. The Morgan fingerprint density at radius 1 is 0.505 bits per heavy atom. The zero-order chi connectivity index (χ0) is 68.3. The van der Waals surface area contributed by atoms with Crippen LogP contribution in [0.3, 0.4) is 0 Å². The number of benzene rings is 6. The van der Waals surface area contributed by atoms with Gasteiger partial charge in [-0.1, -0.05) is 30.3 Å². The number of carbonyl (C=O) groups excluding carboxylic acids is 3. The quantitative estimate of drug-likeness (QED) is 0.0397. The van der Waals surface area contributed by atoms with Crippen molar-refractivity contribution in [1.29, 1.82) is 0 Å². The second-order valence-corrected chi connectivity index (χ2v) is 21.8. The number of hydrogen-bond acceptors (Lipinski definition) is 10. The molecule has 1 atom stereocenters. The molecule has 0 saturated heterocycles. The van der Waals surface area contributed by atoms with Gasteiger partial charge in [-0.15, -0.1) is 0 Å². The summed E-state index contributed by atoms with van der Waals surface area (Å²) >= 11 is 0. The molecule has 0 aliphatic heterocycles. The SMILES string of the molecule is Cc1cc(F)cc(-c2cc(C(=O)NC(C)c3cc(F)cc(F)c3)c(O)c(=O)n2C)c1.Cc1cc(F)cc(-c2cc(C(=O)NCCCOc3ccccc3C)c(O)c(=O)n2C)c1.Cc1cc(F)cc(-c2cc(C(=O)NCCc3ccc(C(F)(F)F)cc3)c(O)c(=O)n2C)c1. The van der Waals surface area contributed by atoms with Crippen molar-refractivity contribution in [2.45, 2.75) is 59.7 Å². The van der Waals surface area contributed by atoms with Crippen LogP contribution in [0.15, 0.2) is 154 Å². The third kappa shape index (κ3) is 17.6. The van der Waals surface area contributed by atoms with Crippen LogP contribution in [0.5, 0.6) is 23.0 Å². The molecule has 0 spiro atoms. The van der Waals surface area contributed by atoms with Gasteiger partial charge in [-0.3, -0.25) is 28.8 Å². The van der Waals surface area contributed by atoms with Gasteiger partial charge in [0.15, 0.2) is 17.2 Å². The number of aromatic nitrogens is 3. The topological polar surface area (TPSA) is 223 Å². The van der Waals surface area contributed by atoms with Crippen LogP contribution in [-0.4, -0.2) is 66.4 Å². The normalized spacial score (nSPS) is 11.4. The van der Waals surface area contributed by atoms with E-state index >= 15 is 0 Å². The highest BCUT2D eigenvalue weighted by Gasteiger charge is 2.30. The minimum atomic E-state index is -4.43. The average Bonchev–Trinajstić information content (AvgIpc) is 0.809. The van der Waals surface area contributed by atoms with E-state index in [-0.39, 0.29) is 46.6 Å². The Kier molecular flexibility index (Phi) is 22.4. The number of amides is 3. The van der Waals surface area contributed by atoms with Crippen molar-refractivity contribution in [2.24, 2.45) is 21.1 Å². The van der Waals surface area contributed by atoms with Gasteiger partial charge >= 0.3 is 6.18 Å². The summed E-state index contributed by atoms with van der Waals surface area (Å²) in [5, 5.41) is 38.3. The highest BCUT2D eigenvalue weighted by Crippen LogP contribution is 2.31. The Labute approximate surface area is 527 Å². The third-order valence-electron chi connectivity index (χ3n) is 14.6. The Morgan fingerprint density at radius 2 is 0.892 bits per heavy atom. The summed E-state index contributed by atoms with van der Waals surface area (Å²) in [5.74, 6) is -6.62. The molecule has 6 aromatic carbocycles. The predicted molar refractivity (Wildman–Crippen MR) is 334 cm³/mol. The summed E-state index contributed by atoms with van der Waals surface area (Å²) in [6, 6.07) is 30.8. The zero-order valence-electron chi connectivity index (χ0n) is 51.5. The average molecular weight is 1290 g/mol. The fourth-order valence-corrected chi connectivity index (χ4v) is 9.79. The van der Waals surface area contributed by atoms with Crippen LogP contribution >= 0.6 is 0 Å². The summed E-state index contributed by atoms with van der Waals surface area (Å²) in [6.45, 7) is 9.31. The Bertz CT molecular complexity index is 4410. The number of halogens is 8. The highest BCUT2D eigenvalue weighted by molar-refractivity contribution is 5.99. The van der Waals surface area contributed by atoms with Gasteiger partial charge in [0.1, 0.15) is 34.8 Å². The van der Waals surface area contributed by atoms with Crippen molar-refractivity contribution in [1.82, 2.24) is 29.7 Å². The van der Waals surface area contributed by atoms with Crippen LogP contribution in [-0.2, 0) is 33.7 Å². The largest absolute Gasteiger partial charge is 0.502 e. The Hall–Kier alpha value is -10.8. The summed E-state index contributed by atoms with van der Waals surface area (Å²) in [6.07, 6.45) is -3.64. The standard InChI is InChI=1S/C24H25FN2O4.C23H20F4N2O3.C22H19F3N2O3/c1-15-11-17(13-18(25)12-15)20-14-19(22(28)24(30)27(20)3)23(29)26-9-6-10-31-21-8-5-4-7-16(21)2;1-13-9-15(11-17(24)10-13)19-12-18(20(30)22(32)29(19)2)21(31)28-8-7-14-3-5-16(6-4-14)23(25,26)27;1-11-4-14(8-15(23)5-11)19-10-18(20(28)22(30)27(19)3)21(29)26-12(2)13-6-16(24)9-17(25)7-13/h4-5,7-8,11-14,28H,6,9-10H2,1-3H3,(H,26,29);3-6,9-12,30H,7-8H2,1-2H3,(H,28,31);4-10,12,28H,1-3H3,(H,26,29). The molecule has 9 aromatic rings. The highest BCUT2D eigenvalue weighted by atomic mass is 19.4. The maximum Gasteiger partial charge on any atom is 0.416 e. The first kappa shape index (κ1) is 69.7. The maximum absolute atomic E-state index is 13.8. The molecular weight excluding hydrogens is 1220 g/mol. The van der Waals surface area contributed by atoms with E-state index < -0.39 is 98.5 Å². The smallest absolute Gasteiger partial charge is 0.416 e. The van der Waals surface area contributed by atoms with Crippen molar-refractivity contribution in [3.63, 3.8) is 0 Å². The first-order chi connectivity index (χ1) is 43.8. The molecule has 0 saturated carbocycles. The number of hydrogen-bond donors (Lipinski definition) is 6. The maximum atomic E-state index is 13.8. The number of alkyl halides is 3. The lowest BCUT2D eigenvalue weighted by atomic mass is 10.0. The van der Waals surface area contributed by atoms with E-state index in [1.165, 1.54) is 99.4 Å². The van der Waals surface area contributed by atoms with Crippen LogP contribution in [0.4, 0.5) is 35.1 Å². The second-order valence-electron chi connectivity index (χ2n) is 21.8. The lowest BCUT2D eigenvalue weighted by Gasteiger charge is -2.17. The minimum Gasteiger partial charge on any atom is -0.502 e. The second kappa shape index (κ2) is 29.9. The molecular formula is C69H64F8N6O10. The van der Waals surface area contributed by atoms with E-state index in [9.17, 15) is 79.2 Å². The van der Waals surface area contributed by atoms with Gasteiger partial charge in [0.05, 0.1) is 52.0 Å². The molecule has 3 amide bonds.